The van der Waals surface area contributed by atoms with Crippen LogP contribution in [0.15, 0.2) is 66.7 Å². The summed E-state index contributed by atoms with van der Waals surface area (Å²) in [6.45, 7) is 5.81. The molecule has 0 radical (unpaired) electrons. The normalized spacial score (nSPS) is 12.2. The molecule has 53 heavy (non-hydrogen) atoms. The van der Waals surface area contributed by atoms with Gasteiger partial charge in [-0.2, -0.15) is 8.42 Å². The molecule has 0 bridgehead atoms. The summed E-state index contributed by atoms with van der Waals surface area (Å²) >= 11 is -4.01. The molecule has 9 nitrogen and oxygen atoms in total. The van der Waals surface area contributed by atoms with Crippen LogP contribution in [0.4, 0.5) is 11.4 Å². The third-order valence-electron chi connectivity index (χ3n) is 8.91. The van der Waals surface area contributed by atoms with E-state index in [0.29, 0.717) is 30.4 Å². The zero-order chi connectivity index (χ0) is 37.8. The number of nitrogens with one attached hydrogen (secondary N) is 2. The van der Waals surface area contributed by atoms with Crippen LogP contribution in [0.25, 0.3) is 0 Å². The maximum Gasteiger partial charge on any atom is 0.316 e. The van der Waals surface area contributed by atoms with Crippen LogP contribution in [0.1, 0.15) is 142 Å². The first-order valence-corrected chi connectivity index (χ1v) is 22.1. The van der Waals surface area contributed by atoms with Gasteiger partial charge in [-0.05, 0) is 73.5 Å². The van der Waals surface area contributed by atoms with E-state index >= 15 is 0 Å². The number of benzene rings is 3. The molecule has 0 aromatic heterocycles. The maximum absolute atomic E-state index is 12.8. The fourth-order valence-electron chi connectivity index (χ4n) is 5.84. The molecule has 2 atom stereocenters. The lowest BCUT2D eigenvalue weighted by Gasteiger charge is -2.14. The molecule has 3 N–H and O–H groups in total. The minimum Gasteiger partial charge on any atom is -0.508 e. The molecule has 0 heterocycles. The van der Waals surface area contributed by atoms with Gasteiger partial charge in [0.2, 0.25) is 0 Å². The number of phenols is 1. The Morgan fingerprint density at radius 2 is 0.792 bits per heavy atom. The summed E-state index contributed by atoms with van der Waals surface area (Å²) in [7, 11) is 0. The second kappa shape index (κ2) is 28.1. The third-order valence-corrected chi connectivity index (χ3v) is 10.4. The molecule has 2 unspecified atom stereocenters. The fourth-order valence-corrected chi connectivity index (χ4v) is 7.20. The van der Waals surface area contributed by atoms with Gasteiger partial charge in [0.05, 0.1) is 24.6 Å². The lowest BCUT2D eigenvalue weighted by atomic mass is 10.1. The van der Waals surface area contributed by atoms with Crippen LogP contribution in [0.5, 0.6) is 28.7 Å². The first-order chi connectivity index (χ1) is 26.0. The molecule has 3 aromatic rings. The van der Waals surface area contributed by atoms with Gasteiger partial charge in [0.1, 0.15) is 28.7 Å². The SMILES string of the molecule is CCCCCCCCCCCCOc1ccc(OS(=O)Nc2ccc(O)cc2NS(=O)Oc2ccc(OCCCCCCCCCCCC)cc2)cc1. The van der Waals surface area contributed by atoms with E-state index in [-0.39, 0.29) is 11.4 Å². The summed E-state index contributed by atoms with van der Waals surface area (Å²) < 4.78 is 53.9. The third kappa shape index (κ3) is 20.6. The number of aromatic hydroxyl groups is 1. The second-order valence-corrected chi connectivity index (χ2v) is 15.3. The number of phenolic OH excluding ortho intramolecular Hbond substituents is 1. The van der Waals surface area contributed by atoms with E-state index in [1.54, 1.807) is 48.5 Å². The lowest BCUT2D eigenvalue weighted by Crippen LogP contribution is -2.15. The van der Waals surface area contributed by atoms with E-state index in [0.717, 1.165) is 37.2 Å². The number of hydrogen-bond acceptors (Lipinski definition) is 7. The van der Waals surface area contributed by atoms with Crippen LogP contribution in [0, 0.1) is 0 Å². The number of anilines is 2. The van der Waals surface area contributed by atoms with Gasteiger partial charge in [-0.25, -0.2) is 0 Å². The zero-order valence-electron chi connectivity index (χ0n) is 32.1. The number of unbranched alkanes of at least 4 members (excludes halogenated alkanes) is 18. The van der Waals surface area contributed by atoms with Crippen LogP contribution in [-0.2, 0) is 22.5 Å². The molecule has 0 aliphatic rings. The lowest BCUT2D eigenvalue weighted by molar-refractivity contribution is 0.304. The van der Waals surface area contributed by atoms with Crippen molar-refractivity contribution in [3.8, 4) is 28.7 Å². The van der Waals surface area contributed by atoms with Gasteiger partial charge < -0.3 is 22.9 Å². The van der Waals surface area contributed by atoms with E-state index in [1.165, 1.54) is 121 Å². The average Bonchev–Trinajstić information content (AvgIpc) is 3.15. The van der Waals surface area contributed by atoms with Crippen molar-refractivity contribution in [3.63, 3.8) is 0 Å². The van der Waals surface area contributed by atoms with Gasteiger partial charge in [0.15, 0.2) is 0 Å². The summed E-state index contributed by atoms with van der Waals surface area (Å²) in [6, 6.07) is 18.2. The molecule has 296 valence electrons. The van der Waals surface area contributed by atoms with Crippen molar-refractivity contribution in [1.82, 2.24) is 0 Å². The van der Waals surface area contributed by atoms with E-state index in [4.69, 9.17) is 17.8 Å². The van der Waals surface area contributed by atoms with Gasteiger partial charge in [-0.1, -0.05) is 129 Å². The summed E-state index contributed by atoms with van der Waals surface area (Å²) in [4.78, 5) is 0. The Kier molecular flexibility index (Phi) is 23.3. The molecular formula is C42H64N2O7S2. The predicted octanol–water partition coefficient (Wildman–Crippen LogP) is 12.1. The smallest absolute Gasteiger partial charge is 0.316 e. The van der Waals surface area contributed by atoms with Crippen LogP contribution in [0.2, 0.25) is 0 Å². The molecule has 0 aliphatic heterocycles. The van der Waals surface area contributed by atoms with Crippen molar-refractivity contribution in [2.75, 3.05) is 22.7 Å². The minimum absolute atomic E-state index is 0.0703. The van der Waals surface area contributed by atoms with Gasteiger partial charge in [0.25, 0.3) is 0 Å². The Labute approximate surface area is 324 Å². The maximum atomic E-state index is 12.8. The Morgan fingerprint density at radius 3 is 1.19 bits per heavy atom. The molecule has 0 saturated carbocycles. The highest BCUT2D eigenvalue weighted by molar-refractivity contribution is 7.82. The van der Waals surface area contributed by atoms with Gasteiger partial charge >= 0.3 is 22.5 Å². The zero-order valence-corrected chi connectivity index (χ0v) is 33.8. The summed E-state index contributed by atoms with van der Waals surface area (Å²) in [5, 5.41) is 10.1. The van der Waals surface area contributed by atoms with Crippen molar-refractivity contribution >= 4 is 33.9 Å². The molecule has 3 aromatic carbocycles. The largest absolute Gasteiger partial charge is 0.508 e. The molecule has 0 spiro atoms. The number of hydrogen-bond donors (Lipinski definition) is 3. The Bertz CT molecular complexity index is 1420. The quantitative estimate of drug-likeness (QED) is 0.0427. The average molecular weight is 773 g/mol. The molecule has 0 aliphatic carbocycles. The number of ether oxygens (including phenoxy) is 2. The summed E-state index contributed by atoms with van der Waals surface area (Å²) in [5.74, 6) is 2.14. The molecular weight excluding hydrogens is 709 g/mol. The predicted molar refractivity (Wildman–Crippen MR) is 220 cm³/mol. The van der Waals surface area contributed by atoms with Crippen LogP contribution < -0.4 is 27.3 Å². The summed E-state index contributed by atoms with van der Waals surface area (Å²) in [5.41, 5.74) is 0.512. The molecule has 11 heteroatoms. The molecule has 3 rings (SSSR count). The fraction of sp³-hybridized carbons (Fsp3) is 0.571. The monoisotopic (exact) mass is 772 g/mol. The minimum atomic E-state index is -2.02. The van der Waals surface area contributed by atoms with Crippen molar-refractivity contribution < 1.29 is 31.4 Å². The van der Waals surface area contributed by atoms with Gasteiger partial charge in [0, 0.05) is 6.07 Å². The Hall–Kier alpha value is -3.44. The van der Waals surface area contributed by atoms with Crippen molar-refractivity contribution in [2.24, 2.45) is 0 Å². The Balaban J connectivity index is 1.32. The topological polar surface area (TPSA) is 115 Å². The summed E-state index contributed by atoms with van der Waals surface area (Å²) in [6.07, 6.45) is 25.5. The Morgan fingerprint density at radius 1 is 0.453 bits per heavy atom. The van der Waals surface area contributed by atoms with Crippen molar-refractivity contribution in [3.05, 3.63) is 66.7 Å². The van der Waals surface area contributed by atoms with Gasteiger partial charge in [-0.15, -0.1) is 0 Å². The molecule has 0 fully saturated rings. The number of rotatable bonds is 32. The second-order valence-electron chi connectivity index (χ2n) is 13.6. The molecule has 0 amide bonds. The first kappa shape index (κ1) is 44.0. The highest BCUT2D eigenvalue weighted by Gasteiger charge is 2.13. The van der Waals surface area contributed by atoms with Crippen LogP contribution in [-0.4, -0.2) is 26.7 Å². The van der Waals surface area contributed by atoms with Crippen molar-refractivity contribution in [2.45, 2.75) is 142 Å². The van der Waals surface area contributed by atoms with E-state index < -0.39 is 22.5 Å². The van der Waals surface area contributed by atoms with Crippen LogP contribution in [0.3, 0.4) is 0 Å². The highest BCUT2D eigenvalue weighted by Crippen LogP contribution is 2.29. The molecule has 0 saturated heterocycles. The van der Waals surface area contributed by atoms with Crippen molar-refractivity contribution in [1.29, 1.82) is 0 Å². The first-order valence-electron chi connectivity index (χ1n) is 20.0. The van der Waals surface area contributed by atoms with E-state index in [2.05, 4.69) is 23.3 Å². The highest BCUT2D eigenvalue weighted by atomic mass is 32.2. The standard InChI is InChI=1S/C42H64N2O7S2/c1-3-5-7-9-11-13-15-17-19-21-33-48-37-24-28-39(29-25-37)50-52(46)43-41-32-23-36(45)35-42(41)44-53(47)51-40-30-26-38(27-31-40)49-34-22-20-18-16-14-12-10-8-6-4-2/h23-32,35,43-45H,3-22,33-34H2,1-2H3. The van der Waals surface area contributed by atoms with Crippen LogP contribution >= 0.6 is 0 Å². The van der Waals surface area contributed by atoms with Gasteiger partial charge in [-0.3, -0.25) is 9.44 Å². The van der Waals surface area contributed by atoms with E-state index in [9.17, 15) is 13.5 Å². The van der Waals surface area contributed by atoms with E-state index in [1.807, 2.05) is 0 Å².